The molecule has 0 spiro atoms. The molecule has 0 amide bonds. The van der Waals surface area contributed by atoms with Crippen molar-refractivity contribution in [3.8, 4) is 0 Å². The molecule has 0 aromatic rings. The summed E-state index contributed by atoms with van der Waals surface area (Å²) in [4.78, 5) is 11.3. The minimum Gasteiger partial charge on any atom is -0.460 e. The van der Waals surface area contributed by atoms with Gasteiger partial charge in [0.05, 0.1) is 12.2 Å². The highest BCUT2D eigenvalue weighted by molar-refractivity contribution is 5.83. The Morgan fingerprint density at radius 3 is 2.32 bits per heavy atom. The molecule has 0 radical (unpaired) electrons. The first-order chi connectivity index (χ1) is 8.79. The summed E-state index contributed by atoms with van der Waals surface area (Å²) in [5.74, 6) is -0.967. The van der Waals surface area contributed by atoms with Crippen LogP contribution in [-0.2, 0) is 9.53 Å². The van der Waals surface area contributed by atoms with E-state index >= 15 is 0 Å². The predicted molar refractivity (Wildman–Crippen MR) is 65.4 cm³/mol. The van der Waals surface area contributed by atoms with Gasteiger partial charge in [-0.3, -0.25) is 0 Å². The summed E-state index contributed by atoms with van der Waals surface area (Å²) in [5, 5.41) is 2.44. The fourth-order valence-electron chi connectivity index (χ4n) is 2.06. The Morgan fingerprint density at radius 2 is 1.84 bits per heavy atom. The maximum absolute atomic E-state index is 12.8. The van der Waals surface area contributed by atoms with Crippen molar-refractivity contribution >= 4 is 5.97 Å². The lowest BCUT2D eigenvalue weighted by atomic mass is 9.95. The lowest BCUT2D eigenvalue weighted by Crippen LogP contribution is -2.36. The van der Waals surface area contributed by atoms with Crippen molar-refractivity contribution in [2.75, 3.05) is 0 Å². The maximum atomic E-state index is 12.8. The summed E-state index contributed by atoms with van der Waals surface area (Å²) in [5.41, 5.74) is -1.01. The van der Waals surface area contributed by atoms with Crippen molar-refractivity contribution in [3.05, 3.63) is 11.8 Å². The van der Waals surface area contributed by atoms with Gasteiger partial charge in [-0.15, -0.1) is 0 Å². The molecule has 110 valence electrons. The van der Waals surface area contributed by atoms with Gasteiger partial charge in [-0.25, -0.2) is 4.79 Å². The molecule has 0 aliphatic heterocycles. The topological polar surface area (TPSA) is 38.3 Å². The Balaban J connectivity index is 2.71. The first-order valence-electron chi connectivity index (χ1n) is 6.55. The van der Waals surface area contributed by atoms with Crippen LogP contribution < -0.4 is 5.32 Å². The Labute approximate surface area is 111 Å². The van der Waals surface area contributed by atoms with Crippen molar-refractivity contribution < 1.29 is 22.7 Å². The van der Waals surface area contributed by atoms with E-state index in [-0.39, 0.29) is 6.04 Å². The van der Waals surface area contributed by atoms with E-state index in [4.69, 9.17) is 4.74 Å². The third kappa shape index (κ3) is 5.98. The highest BCUT2D eigenvalue weighted by Gasteiger charge is 2.36. The van der Waals surface area contributed by atoms with Crippen LogP contribution in [0.5, 0.6) is 0 Å². The van der Waals surface area contributed by atoms with Crippen LogP contribution in [0.2, 0.25) is 0 Å². The Kier molecular flexibility index (Phi) is 5.69. The first-order valence-corrected chi connectivity index (χ1v) is 6.55. The van der Waals surface area contributed by atoms with Crippen molar-refractivity contribution in [3.63, 3.8) is 0 Å². The van der Waals surface area contributed by atoms with Gasteiger partial charge in [-0.2, -0.15) is 13.2 Å². The second-order valence-corrected chi connectivity index (χ2v) is 5.02. The first kappa shape index (κ1) is 15.9. The van der Waals surface area contributed by atoms with Crippen LogP contribution in [0, 0.1) is 0 Å². The van der Waals surface area contributed by atoms with Crippen molar-refractivity contribution in [2.45, 2.75) is 64.3 Å². The molecule has 3 nitrogen and oxygen atoms in total. The molecule has 19 heavy (non-hydrogen) atoms. The molecule has 0 aromatic heterocycles. The minimum absolute atomic E-state index is 0.214. The number of hydrogen-bond donors (Lipinski definition) is 1. The SMILES string of the molecule is CC(C)OC(=O)/C=C(/NC1CCCCC1)C(F)(F)F. The number of alkyl halides is 3. The number of nitrogens with one attached hydrogen (secondary N) is 1. The van der Waals surface area contributed by atoms with Crippen LogP contribution in [0.4, 0.5) is 13.2 Å². The molecule has 1 aliphatic carbocycles. The average Bonchev–Trinajstić information content (AvgIpc) is 2.27. The number of allylic oxidation sites excluding steroid dienone is 1. The van der Waals surface area contributed by atoms with Crippen LogP contribution in [-0.4, -0.2) is 24.3 Å². The highest BCUT2D eigenvalue weighted by Crippen LogP contribution is 2.26. The molecule has 6 heteroatoms. The van der Waals surface area contributed by atoms with Gasteiger partial charge in [0, 0.05) is 6.04 Å². The zero-order chi connectivity index (χ0) is 14.5. The zero-order valence-electron chi connectivity index (χ0n) is 11.2. The van der Waals surface area contributed by atoms with Gasteiger partial charge in [0.15, 0.2) is 0 Å². The van der Waals surface area contributed by atoms with E-state index in [2.05, 4.69) is 5.32 Å². The molecule has 0 atom stereocenters. The lowest BCUT2D eigenvalue weighted by Gasteiger charge is -2.26. The molecule has 0 saturated heterocycles. The van der Waals surface area contributed by atoms with Gasteiger partial charge in [-0.1, -0.05) is 19.3 Å². The van der Waals surface area contributed by atoms with Gasteiger partial charge in [-0.05, 0) is 26.7 Å². The standard InChI is InChI=1S/C13H20F3NO2/c1-9(2)19-12(18)8-11(13(14,15)16)17-10-6-4-3-5-7-10/h8-10,17H,3-7H2,1-2H3/b11-8+. The monoisotopic (exact) mass is 279 g/mol. The molecular formula is C13H20F3NO2. The molecule has 1 saturated carbocycles. The molecule has 0 bridgehead atoms. The van der Waals surface area contributed by atoms with E-state index in [0.717, 1.165) is 19.3 Å². The summed E-state index contributed by atoms with van der Waals surface area (Å²) >= 11 is 0. The number of esters is 1. The van der Waals surface area contributed by atoms with Crippen LogP contribution in [0.3, 0.4) is 0 Å². The number of rotatable bonds is 4. The molecular weight excluding hydrogens is 259 g/mol. The largest absolute Gasteiger partial charge is 0.460 e. The summed E-state index contributed by atoms with van der Waals surface area (Å²) in [6, 6.07) is -0.214. The van der Waals surface area contributed by atoms with Gasteiger partial charge in [0.25, 0.3) is 0 Å². The number of hydrogen-bond acceptors (Lipinski definition) is 3. The van der Waals surface area contributed by atoms with E-state index in [9.17, 15) is 18.0 Å². The Hall–Kier alpha value is -1.20. The Morgan fingerprint density at radius 1 is 1.26 bits per heavy atom. The summed E-state index contributed by atoms with van der Waals surface area (Å²) in [6.07, 6.45) is -0.203. The van der Waals surface area contributed by atoms with E-state index in [1.54, 1.807) is 13.8 Å². The minimum atomic E-state index is -4.56. The summed E-state index contributed by atoms with van der Waals surface area (Å²) in [6.45, 7) is 3.18. The van der Waals surface area contributed by atoms with Crippen LogP contribution in [0.25, 0.3) is 0 Å². The normalized spacial score (nSPS) is 18.5. The molecule has 1 fully saturated rings. The Bertz CT molecular complexity index is 331. The molecule has 1 aliphatic rings. The number of halogens is 3. The van der Waals surface area contributed by atoms with E-state index in [1.165, 1.54) is 0 Å². The van der Waals surface area contributed by atoms with Crippen molar-refractivity contribution in [1.29, 1.82) is 0 Å². The molecule has 1 rings (SSSR count). The van der Waals surface area contributed by atoms with E-state index in [1.807, 2.05) is 0 Å². The summed E-state index contributed by atoms with van der Waals surface area (Å²) in [7, 11) is 0. The smallest absolute Gasteiger partial charge is 0.431 e. The summed E-state index contributed by atoms with van der Waals surface area (Å²) < 4.78 is 43.2. The quantitative estimate of drug-likeness (QED) is 0.634. The molecule has 0 aromatic carbocycles. The fraction of sp³-hybridized carbons (Fsp3) is 0.769. The number of carbonyl (C=O) groups excluding carboxylic acids is 1. The van der Waals surface area contributed by atoms with E-state index in [0.29, 0.717) is 18.9 Å². The van der Waals surface area contributed by atoms with Crippen LogP contribution >= 0.6 is 0 Å². The second kappa shape index (κ2) is 6.82. The third-order valence-corrected chi connectivity index (χ3v) is 2.88. The zero-order valence-corrected chi connectivity index (χ0v) is 11.2. The average molecular weight is 279 g/mol. The maximum Gasteiger partial charge on any atom is 0.431 e. The van der Waals surface area contributed by atoms with Gasteiger partial charge in [0.2, 0.25) is 0 Å². The highest BCUT2D eigenvalue weighted by atomic mass is 19.4. The lowest BCUT2D eigenvalue weighted by molar-refractivity contribution is -0.142. The van der Waals surface area contributed by atoms with Gasteiger partial charge >= 0.3 is 12.1 Å². The van der Waals surface area contributed by atoms with Gasteiger partial charge < -0.3 is 10.1 Å². The van der Waals surface area contributed by atoms with E-state index < -0.39 is 23.9 Å². The molecule has 1 N–H and O–H groups in total. The number of ether oxygens (including phenoxy) is 1. The van der Waals surface area contributed by atoms with Gasteiger partial charge in [0.1, 0.15) is 5.70 Å². The molecule has 0 unspecified atom stereocenters. The van der Waals surface area contributed by atoms with Crippen LogP contribution in [0.15, 0.2) is 11.8 Å². The van der Waals surface area contributed by atoms with Crippen molar-refractivity contribution in [2.24, 2.45) is 0 Å². The number of carbonyl (C=O) groups is 1. The third-order valence-electron chi connectivity index (χ3n) is 2.88. The fourth-order valence-corrected chi connectivity index (χ4v) is 2.06. The van der Waals surface area contributed by atoms with Crippen molar-refractivity contribution in [1.82, 2.24) is 5.32 Å². The predicted octanol–water partition coefficient (Wildman–Crippen LogP) is 3.31. The molecule has 0 heterocycles. The second-order valence-electron chi connectivity index (χ2n) is 5.02. The van der Waals surface area contributed by atoms with Crippen LogP contribution in [0.1, 0.15) is 46.0 Å².